The lowest BCUT2D eigenvalue weighted by atomic mass is 9.98. The quantitative estimate of drug-likeness (QED) is 0.319. The molecule has 4 unspecified atom stereocenters. The van der Waals surface area contributed by atoms with Gasteiger partial charge in [0, 0.05) is 24.2 Å². The minimum Gasteiger partial charge on any atom is -0.395 e. The van der Waals surface area contributed by atoms with Crippen molar-refractivity contribution in [3.8, 4) is 0 Å². The Morgan fingerprint density at radius 3 is 2.13 bits per heavy atom. The fourth-order valence-corrected chi connectivity index (χ4v) is 4.04. The number of aliphatic hydroxyl groups is 3. The van der Waals surface area contributed by atoms with Crippen LogP contribution in [0.3, 0.4) is 0 Å². The molecule has 5 heteroatoms. The molecule has 5 nitrogen and oxygen atoms in total. The van der Waals surface area contributed by atoms with Crippen LogP contribution in [-0.4, -0.2) is 52.7 Å². The van der Waals surface area contributed by atoms with Gasteiger partial charge in [0.25, 0.3) is 0 Å². The molecule has 172 valence electrons. The summed E-state index contributed by atoms with van der Waals surface area (Å²) in [5, 5.41) is 36.7. The van der Waals surface area contributed by atoms with Gasteiger partial charge in [-0.05, 0) is 49.3 Å². The molecule has 0 aliphatic heterocycles. The second-order valence-corrected chi connectivity index (χ2v) is 8.87. The van der Waals surface area contributed by atoms with Gasteiger partial charge < -0.3 is 26.0 Å². The van der Waals surface area contributed by atoms with Crippen molar-refractivity contribution in [1.82, 2.24) is 10.6 Å². The molecule has 0 fully saturated rings. The first-order chi connectivity index (χ1) is 14.9. The summed E-state index contributed by atoms with van der Waals surface area (Å²) in [6, 6.07) is 18.6. The normalized spacial score (nSPS) is 15.6. The molecule has 0 aromatic heterocycles. The maximum Gasteiger partial charge on any atom is 0.0805 e. The van der Waals surface area contributed by atoms with Crippen molar-refractivity contribution in [1.29, 1.82) is 0 Å². The van der Waals surface area contributed by atoms with Crippen LogP contribution in [0.1, 0.15) is 56.4 Å². The van der Waals surface area contributed by atoms with Crippen LogP contribution in [-0.2, 0) is 12.8 Å². The van der Waals surface area contributed by atoms with E-state index in [1.165, 1.54) is 11.1 Å². The Morgan fingerprint density at radius 2 is 1.48 bits per heavy atom. The Hall–Kier alpha value is -1.76. The Morgan fingerprint density at radius 1 is 0.806 bits per heavy atom. The second-order valence-electron chi connectivity index (χ2n) is 8.87. The fourth-order valence-electron chi connectivity index (χ4n) is 4.04. The molecule has 2 aromatic rings. The fraction of sp³-hybridized carbons (Fsp3) is 0.538. The average molecular weight is 429 g/mol. The third kappa shape index (κ3) is 9.50. The van der Waals surface area contributed by atoms with E-state index in [0.717, 1.165) is 24.8 Å². The number of aliphatic hydroxyl groups excluding tert-OH is 3. The van der Waals surface area contributed by atoms with Crippen LogP contribution in [0.25, 0.3) is 0 Å². The van der Waals surface area contributed by atoms with Gasteiger partial charge in [0.1, 0.15) is 0 Å². The highest BCUT2D eigenvalue weighted by atomic mass is 16.3. The maximum atomic E-state index is 10.5. The first-order valence-electron chi connectivity index (χ1n) is 11.5. The SMILES string of the molecule is CC(C)NC(CO)CCc1cccc(CC(C)NC(CO)CC(O)c2ccccc2)c1. The van der Waals surface area contributed by atoms with Crippen molar-refractivity contribution >= 4 is 0 Å². The highest BCUT2D eigenvalue weighted by molar-refractivity contribution is 5.24. The Balaban J connectivity index is 1.86. The van der Waals surface area contributed by atoms with Crippen LogP contribution in [0.15, 0.2) is 54.6 Å². The minimum atomic E-state index is -0.597. The van der Waals surface area contributed by atoms with Gasteiger partial charge >= 0.3 is 0 Å². The van der Waals surface area contributed by atoms with E-state index in [1.54, 1.807) is 0 Å². The van der Waals surface area contributed by atoms with Crippen LogP contribution in [0, 0.1) is 0 Å². The Bertz CT molecular complexity index is 738. The number of hydrogen-bond acceptors (Lipinski definition) is 5. The zero-order chi connectivity index (χ0) is 22.6. The average Bonchev–Trinajstić information content (AvgIpc) is 2.76. The molecule has 0 saturated heterocycles. The predicted octanol–water partition coefficient (Wildman–Crippen LogP) is 2.98. The molecular weight excluding hydrogens is 388 g/mol. The summed E-state index contributed by atoms with van der Waals surface area (Å²) < 4.78 is 0. The van der Waals surface area contributed by atoms with Crippen molar-refractivity contribution in [2.45, 2.75) is 76.7 Å². The minimum absolute atomic E-state index is 0.0142. The van der Waals surface area contributed by atoms with Gasteiger partial charge in [0.15, 0.2) is 0 Å². The van der Waals surface area contributed by atoms with E-state index in [0.29, 0.717) is 12.5 Å². The van der Waals surface area contributed by atoms with Gasteiger partial charge in [-0.3, -0.25) is 0 Å². The van der Waals surface area contributed by atoms with E-state index in [9.17, 15) is 15.3 Å². The van der Waals surface area contributed by atoms with Crippen LogP contribution < -0.4 is 10.6 Å². The van der Waals surface area contributed by atoms with E-state index in [1.807, 2.05) is 30.3 Å². The van der Waals surface area contributed by atoms with Crippen LogP contribution in [0.2, 0.25) is 0 Å². The van der Waals surface area contributed by atoms with E-state index >= 15 is 0 Å². The third-order valence-corrected chi connectivity index (χ3v) is 5.54. The lowest BCUT2D eigenvalue weighted by Gasteiger charge is -2.24. The summed E-state index contributed by atoms with van der Waals surface area (Å²) in [5.41, 5.74) is 3.39. The van der Waals surface area contributed by atoms with Crippen LogP contribution in [0.5, 0.6) is 0 Å². The molecule has 0 radical (unpaired) electrons. The molecule has 2 aromatic carbocycles. The highest BCUT2D eigenvalue weighted by Gasteiger charge is 2.17. The zero-order valence-electron chi connectivity index (χ0n) is 19.2. The largest absolute Gasteiger partial charge is 0.395 e. The lowest BCUT2D eigenvalue weighted by molar-refractivity contribution is 0.125. The number of hydrogen-bond donors (Lipinski definition) is 5. The molecule has 5 N–H and O–H groups in total. The maximum absolute atomic E-state index is 10.5. The summed E-state index contributed by atoms with van der Waals surface area (Å²) in [5.74, 6) is 0. The number of rotatable bonds is 14. The zero-order valence-corrected chi connectivity index (χ0v) is 19.2. The van der Waals surface area contributed by atoms with Crippen molar-refractivity contribution in [3.05, 3.63) is 71.3 Å². The van der Waals surface area contributed by atoms with Gasteiger partial charge in [-0.25, -0.2) is 0 Å². The summed E-state index contributed by atoms with van der Waals surface area (Å²) >= 11 is 0. The Kier molecular flexibility index (Phi) is 11.2. The third-order valence-electron chi connectivity index (χ3n) is 5.54. The van der Waals surface area contributed by atoms with Crippen molar-refractivity contribution in [3.63, 3.8) is 0 Å². The summed E-state index contributed by atoms with van der Waals surface area (Å²) in [7, 11) is 0. The molecule has 0 aliphatic carbocycles. The molecule has 2 rings (SSSR count). The van der Waals surface area contributed by atoms with Gasteiger partial charge in [-0.15, -0.1) is 0 Å². The molecule has 0 heterocycles. The smallest absolute Gasteiger partial charge is 0.0805 e. The molecule has 4 atom stereocenters. The lowest BCUT2D eigenvalue weighted by Crippen LogP contribution is -2.41. The molecule has 0 aliphatic rings. The van der Waals surface area contributed by atoms with Gasteiger partial charge in [0.2, 0.25) is 0 Å². The predicted molar refractivity (Wildman–Crippen MR) is 127 cm³/mol. The van der Waals surface area contributed by atoms with Crippen molar-refractivity contribution < 1.29 is 15.3 Å². The highest BCUT2D eigenvalue weighted by Crippen LogP contribution is 2.18. The first kappa shape index (κ1) is 25.5. The van der Waals surface area contributed by atoms with Crippen molar-refractivity contribution in [2.75, 3.05) is 13.2 Å². The van der Waals surface area contributed by atoms with E-state index < -0.39 is 6.10 Å². The van der Waals surface area contributed by atoms with E-state index in [2.05, 4.69) is 55.7 Å². The molecule has 0 bridgehead atoms. The molecule has 31 heavy (non-hydrogen) atoms. The monoisotopic (exact) mass is 428 g/mol. The summed E-state index contributed by atoms with van der Waals surface area (Å²) in [6.07, 6.45) is 2.54. The first-order valence-corrected chi connectivity index (χ1v) is 11.5. The van der Waals surface area contributed by atoms with E-state index in [-0.39, 0.29) is 31.3 Å². The number of benzene rings is 2. The molecular formula is C26H40N2O3. The van der Waals surface area contributed by atoms with Gasteiger partial charge in [-0.2, -0.15) is 0 Å². The molecule has 0 saturated carbocycles. The summed E-state index contributed by atoms with van der Waals surface area (Å²) in [4.78, 5) is 0. The second kappa shape index (κ2) is 13.6. The summed E-state index contributed by atoms with van der Waals surface area (Å²) in [6.45, 7) is 6.43. The molecule has 0 amide bonds. The van der Waals surface area contributed by atoms with E-state index in [4.69, 9.17) is 0 Å². The number of nitrogens with one attached hydrogen (secondary N) is 2. The van der Waals surface area contributed by atoms with Crippen LogP contribution in [0.4, 0.5) is 0 Å². The van der Waals surface area contributed by atoms with Crippen molar-refractivity contribution in [2.24, 2.45) is 0 Å². The standard InChI is InChI=1S/C26H40N2O3/c1-19(2)27-24(17-29)13-12-21-8-7-9-22(15-21)14-20(3)28-25(18-30)16-26(31)23-10-5-4-6-11-23/h4-11,15,19-20,24-31H,12-14,16-18H2,1-3H3. The number of aryl methyl sites for hydroxylation is 1. The van der Waals surface area contributed by atoms with Gasteiger partial charge in [-0.1, -0.05) is 68.4 Å². The topological polar surface area (TPSA) is 84.8 Å². The van der Waals surface area contributed by atoms with Crippen LogP contribution >= 0.6 is 0 Å². The van der Waals surface area contributed by atoms with Gasteiger partial charge in [0.05, 0.1) is 19.3 Å². The Labute approximate surface area is 187 Å². The molecule has 0 spiro atoms.